The van der Waals surface area contributed by atoms with Crippen molar-refractivity contribution >= 4 is 79.2 Å². The van der Waals surface area contributed by atoms with Crippen LogP contribution in [0.3, 0.4) is 0 Å². The van der Waals surface area contributed by atoms with Gasteiger partial charge in [0.25, 0.3) is 0 Å². The Kier molecular flexibility index (Phi) is 4.09. The third kappa shape index (κ3) is 2.35. The van der Waals surface area contributed by atoms with Gasteiger partial charge in [0, 0.05) is 6.26 Å². The maximum absolute atomic E-state index is 11.5. The summed E-state index contributed by atoms with van der Waals surface area (Å²) in [4.78, 5) is 4.15. The predicted molar refractivity (Wildman–Crippen MR) is 82.4 cm³/mol. The van der Waals surface area contributed by atoms with Crippen LogP contribution >= 0.6 is 59.1 Å². The molecule has 1 aromatic heterocycles. The van der Waals surface area contributed by atoms with Gasteiger partial charge in [0.05, 0.1) is 30.7 Å². The maximum atomic E-state index is 11.5. The molecular weight excluding hydrogens is 474 g/mol. The van der Waals surface area contributed by atoms with E-state index in [-0.39, 0.29) is 4.34 Å². The van der Waals surface area contributed by atoms with Crippen LogP contribution < -0.4 is 4.74 Å². The molecule has 1 aromatic carbocycles. The van der Waals surface area contributed by atoms with Crippen molar-refractivity contribution in [3.63, 3.8) is 0 Å². The van der Waals surface area contributed by atoms with Gasteiger partial charge in [0.15, 0.2) is 0 Å². The Hall–Kier alpha value is 0.300. The van der Waals surface area contributed by atoms with Gasteiger partial charge < -0.3 is 4.74 Å². The molecule has 0 unspecified atom stereocenters. The largest absolute Gasteiger partial charge is 0.494 e. The summed E-state index contributed by atoms with van der Waals surface area (Å²) in [5.41, 5.74) is 0.583. The quantitative estimate of drug-likeness (QED) is 0.611. The molecule has 2 aromatic rings. The van der Waals surface area contributed by atoms with E-state index in [0.717, 1.165) is 22.3 Å². The van der Waals surface area contributed by atoms with E-state index in [1.165, 1.54) is 0 Å². The number of ether oxygens (including phenoxy) is 1. The summed E-state index contributed by atoms with van der Waals surface area (Å²) < 4.78 is 31.2. The molecule has 0 saturated carbocycles. The van der Waals surface area contributed by atoms with Crippen LogP contribution in [0.4, 0.5) is 0 Å². The molecule has 0 aliphatic carbocycles. The number of thiazole rings is 1. The molecular formula is C9H6Br3NO3S2. The van der Waals surface area contributed by atoms with Gasteiger partial charge in [0.1, 0.15) is 5.75 Å². The van der Waals surface area contributed by atoms with Crippen molar-refractivity contribution in [2.45, 2.75) is 4.34 Å². The third-order valence-electron chi connectivity index (χ3n) is 2.13. The number of benzene rings is 1. The van der Waals surface area contributed by atoms with Crippen molar-refractivity contribution in [2.75, 3.05) is 13.4 Å². The van der Waals surface area contributed by atoms with E-state index in [1.54, 1.807) is 7.11 Å². The number of rotatable bonds is 2. The molecule has 0 radical (unpaired) electrons. The Bertz CT molecular complexity index is 739. The lowest BCUT2D eigenvalue weighted by atomic mass is 10.3. The van der Waals surface area contributed by atoms with Crippen molar-refractivity contribution in [3.05, 3.63) is 13.4 Å². The van der Waals surface area contributed by atoms with E-state index in [9.17, 15) is 8.42 Å². The Balaban J connectivity index is 2.93. The van der Waals surface area contributed by atoms with Gasteiger partial charge in [-0.2, -0.15) is 0 Å². The SMILES string of the molecule is COc1c(Br)c(Br)c2nc(S(C)(=O)=O)sc2c1Br. The summed E-state index contributed by atoms with van der Waals surface area (Å²) in [6.45, 7) is 0. The summed E-state index contributed by atoms with van der Waals surface area (Å²) in [5.74, 6) is 0.595. The number of methoxy groups -OCH3 is 1. The van der Waals surface area contributed by atoms with Crippen LogP contribution in [0, 0.1) is 0 Å². The van der Waals surface area contributed by atoms with Gasteiger partial charge in [-0.1, -0.05) is 0 Å². The molecule has 0 bridgehead atoms. The second-order valence-electron chi connectivity index (χ2n) is 3.40. The fourth-order valence-electron chi connectivity index (χ4n) is 1.34. The molecule has 0 atom stereocenters. The minimum atomic E-state index is -3.32. The molecule has 0 spiro atoms. The van der Waals surface area contributed by atoms with Crippen molar-refractivity contribution in [2.24, 2.45) is 0 Å². The van der Waals surface area contributed by atoms with Gasteiger partial charge in [-0.05, 0) is 47.8 Å². The van der Waals surface area contributed by atoms with E-state index in [1.807, 2.05) is 0 Å². The van der Waals surface area contributed by atoms with Crippen LogP contribution in [0.1, 0.15) is 0 Å². The smallest absolute Gasteiger partial charge is 0.210 e. The average Bonchev–Trinajstić information content (AvgIpc) is 2.71. The van der Waals surface area contributed by atoms with Crippen LogP contribution in [0.5, 0.6) is 5.75 Å². The summed E-state index contributed by atoms with van der Waals surface area (Å²) >= 11 is 11.3. The zero-order valence-electron chi connectivity index (χ0n) is 9.12. The summed E-state index contributed by atoms with van der Waals surface area (Å²) in [6, 6.07) is 0. The van der Waals surface area contributed by atoms with Crippen LogP contribution in [0.15, 0.2) is 17.8 Å². The molecule has 0 saturated heterocycles. The minimum absolute atomic E-state index is 0.0825. The first kappa shape index (κ1) is 14.7. The van der Waals surface area contributed by atoms with Gasteiger partial charge in [-0.15, -0.1) is 11.3 Å². The number of sulfone groups is 1. The van der Waals surface area contributed by atoms with E-state index < -0.39 is 9.84 Å². The molecule has 0 aliphatic rings. The van der Waals surface area contributed by atoms with Gasteiger partial charge in [0.2, 0.25) is 14.2 Å². The lowest BCUT2D eigenvalue weighted by molar-refractivity contribution is 0.410. The fraction of sp³-hybridized carbons (Fsp3) is 0.222. The molecule has 0 fully saturated rings. The highest BCUT2D eigenvalue weighted by atomic mass is 79.9. The van der Waals surface area contributed by atoms with Crippen molar-refractivity contribution in [1.82, 2.24) is 4.98 Å². The third-order valence-corrected chi connectivity index (χ3v) is 7.96. The first-order valence-corrected chi connectivity index (χ1v) is 9.57. The Morgan fingerprint density at radius 3 is 2.28 bits per heavy atom. The lowest BCUT2D eigenvalue weighted by Gasteiger charge is -2.08. The molecule has 0 N–H and O–H groups in total. The van der Waals surface area contributed by atoms with Crippen LogP contribution in [-0.4, -0.2) is 26.8 Å². The molecule has 0 aliphatic heterocycles. The number of aromatic nitrogens is 1. The van der Waals surface area contributed by atoms with Gasteiger partial charge in [-0.25, -0.2) is 13.4 Å². The molecule has 18 heavy (non-hydrogen) atoms. The molecule has 4 nitrogen and oxygen atoms in total. The first-order valence-electron chi connectivity index (χ1n) is 4.48. The molecule has 9 heteroatoms. The number of halogens is 3. The monoisotopic (exact) mass is 477 g/mol. The summed E-state index contributed by atoms with van der Waals surface area (Å²) in [7, 11) is -1.78. The fourth-order valence-corrected chi connectivity index (χ4v) is 5.39. The minimum Gasteiger partial charge on any atom is -0.494 e. The standard InChI is InChI=1S/C9H6Br3NO3S2/c1-16-7-4(11)3(10)6-8(5(7)12)17-9(13-6)18(2,14)15/h1-2H3. The molecule has 0 amide bonds. The maximum Gasteiger partial charge on any atom is 0.210 e. The van der Waals surface area contributed by atoms with Crippen LogP contribution in [0.25, 0.3) is 10.2 Å². The highest BCUT2D eigenvalue weighted by molar-refractivity contribution is 9.13. The zero-order valence-corrected chi connectivity index (χ0v) is 15.5. The Morgan fingerprint density at radius 1 is 1.17 bits per heavy atom. The first-order chi connectivity index (χ1) is 8.27. The van der Waals surface area contributed by atoms with Gasteiger partial charge >= 0.3 is 0 Å². The Morgan fingerprint density at radius 2 is 1.78 bits per heavy atom. The topological polar surface area (TPSA) is 56.3 Å². The van der Waals surface area contributed by atoms with E-state index in [0.29, 0.717) is 24.7 Å². The molecule has 1 heterocycles. The van der Waals surface area contributed by atoms with Crippen LogP contribution in [0.2, 0.25) is 0 Å². The average molecular weight is 480 g/mol. The van der Waals surface area contributed by atoms with Crippen molar-refractivity contribution < 1.29 is 13.2 Å². The highest BCUT2D eigenvalue weighted by Gasteiger charge is 2.22. The molecule has 2 rings (SSSR count). The summed E-state index contributed by atoms with van der Waals surface area (Å²) in [6.07, 6.45) is 1.14. The second kappa shape index (κ2) is 5.01. The number of hydrogen-bond donors (Lipinski definition) is 0. The van der Waals surface area contributed by atoms with E-state index in [4.69, 9.17) is 4.74 Å². The normalized spacial score (nSPS) is 12.1. The number of fused-ring (bicyclic) bond motifs is 1. The number of hydrogen-bond acceptors (Lipinski definition) is 5. The second-order valence-corrected chi connectivity index (χ2v) is 8.97. The Labute approximate surface area is 133 Å². The lowest BCUT2D eigenvalue weighted by Crippen LogP contribution is -1.95. The van der Waals surface area contributed by atoms with Crippen molar-refractivity contribution in [3.8, 4) is 5.75 Å². The predicted octanol–water partition coefficient (Wildman–Crippen LogP) is 4.00. The van der Waals surface area contributed by atoms with Crippen LogP contribution in [-0.2, 0) is 9.84 Å². The molecule has 98 valence electrons. The van der Waals surface area contributed by atoms with E-state index in [2.05, 4.69) is 52.8 Å². The summed E-state index contributed by atoms with van der Waals surface area (Å²) in [5, 5.41) is 0. The van der Waals surface area contributed by atoms with Crippen molar-refractivity contribution in [1.29, 1.82) is 0 Å². The van der Waals surface area contributed by atoms with E-state index >= 15 is 0 Å². The number of nitrogens with zero attached hydrogens (tertiary/aromatic N) is 1. The zero-order chi connectivity index (χ0) is 13.7. The highest BCUT2D eigenvalue weighted by Crippen LogP contribution is 2.47. The van der Waals surface area contributed by atoms with Gasteiger partial charge in [-0.3, -0.25) is 0 Å².